The zero-order valence-electron chi connectivity index (χ0n) is 24.9. The minimum atomic E-state index is -4.45. The lowest BCUT2D eigenvalue weighted by Crippen LogP contribution is -2.42. The first kappa shape index (κ1) is 32.5. The molecule has 47 heavy (non-hydrogen) atoms. The van der Waals surface area contributed by atoms with E-state index in [0.29, 0.717) is 27.6 Å². The van der Waals surface area contributed by atoms with Gasteiger partial charge in [0.1, 0.15) is 6.04 Å². The Morgan fingerprint density at radius 3 is 2.02 bits per heavy atom. The SMILES string of the molecule is Cc1ccc(C(=O)Nc2cc(C(=O)Nc3cccc4cc(S(=O)(=O)O)ccc34)cc(C(=O)N[C@@H](Cc3ccccc3)C(=O)O)c2)cc1. The van der Waals surface area contributed by atoms with E-state index in [-0.39, 0.29) is 28.1 Å². The molecule has 0 aliphatic carbocycles. The van der Waals surface area contributed by atoms with Gasteiger partial charge in [0, 0.05) is 39.9 Å². The quantitative estimate of drug-likeness (QED) is 0.126. The molecule has 0 aromatic heterocycles. The number of hydrogen-bond donors (Lipinski definition) is 5. The zero-order chi connectivity index (χ0) is 33.7. The van der Waals surface area contributed by atoms with Crippen molar-refractivity contribution in [3.05, 3.63) is 137 Å². The lowest BCUT2D eigenvalue weighted by Gasteiger charge is -2.16. The van der Waals surface area contributed by atoms with Crippen molar-refractivity contribution in [1.82, 2.24) is 5.32 Å². The van der Waals surface area contributed by atoms with E-state index < -0.39 is 39.9 Å². The third-order valence-electron chi connectivity index (χ3n) is 7.31. The zero-order valence-corrected chi connectivity index (χ0v) is 25.7. The highest BCUT2D eigenvalue weighted by Crippen LogP contribution is 2.27. The van der Waals surface area contributed by atoms with Gasteiger partial charge >= 0.3 is 5.97 Å². The first-order valence-corrected chi connectivity index (χ1v) is 15.7. The van der Waals surface area contributed by atoms with Crippen LogP contribution in [-0.2, 0) is 21.3 Å². The van der Waals surface area contributed by atoms with E-state index in [1.165, 1.54) is 36.4 Å². The molecule has 5 rings (SSSR count). The first-order chi connectivity index (χ1) is 22.4. The molecule has 0 bridgehead atoms. The lowest BCUT2D eigenvalue weighted by atomic mass is 10.0. The fourth-order valence-corrected chi connectivity index (χ4v) is 5.40. The average molecular weight is 652 g/mol. The van der Waals surface area contributed by atoms with Crippen LogP contribution in [0.25, 0.3) is 10.8 Å². The number of benzene rings is 5. The predicted octanol–water partition coefficient (Wildman–Crippen LogP) is 5.33. The summed E-state index contributed by atoms with van der Waals surface area (Å²) in [6, 6.07) is 26.9. The summed E-state index contributed by atoms with van der Waals surface area (Å²) in [6.45, 7) is 1.88. The number of fused-ring (bicyclic) bond motifs is 1. The molecule has 12 heteroatoms. The second-order valence-electron chi connectivity index (χ2n) is 10.8. The number of anilines is 2. The van der Waals surface area contributed by atoms with Gasteiger partial charge in [0.15, 0.2) is 0 Å². The topological polar surface area (TPSA) is 179 Å². The minimum Gasteiger partial charge on any atom is -0.480 e. The maximum atomic E-state index is 13.6. The molecule has 0 unspecified atom stereocenters. The average Bonchev–Trinajstić information content (AvgIpc) is 3.04. The number of carbonyl (C=O) groups excluding carboxylic acids is 3. The van der Waals surface area contributed by atoms with Crippen LogP contribution in [0.2, 0.25) is 0 Å². The molecule has 3 amide bonds. The molecule has 11 nitrogen and oxygen atoms in total. The molecule has 0 aliphatic rings. The summed E-state index contributed by atoms with van der Waals surface area (Å²) in [5.41, 5.74) is 2.29. The van der Waals surface area contributed by atoms with Gasteiger partial charge in [-0.25, -0.2) is 4.79 Å². The fourth-order valence-electron chi connectivity index (χ4n) is 4.89. The Bertz CT molecular complexity index is 2110. The maximum Gasteiger partial charge on any atom is 0.326 e. The monoisotopic (exact) mass is 651 g/mol. The van der Waals surface area contributed by atoms with E-state index in [1.54, 1.807) is 72.8 Å². The number of aryl methyl sites for hydroxylation is 1. The number of amides is 3. The van der Waals surface area contributed by atoms with Gasteiger partial charge in [-0.3, -0.25) is 18.9 Å². The van der Waals surface area contributed by atoms with Crippen molar-refractivity contribution in [1.29, 1.82) is 0 Å². The third kappa shape index (κ3) is 8.06. The molecule has 238 valence electrons. The van der Waals surface area contributed by atoms with Gasteiger partial charge in [-0.2, -0.15) is 8.42 Å². The van der Waals surface area contributed by atoms with Crippen molar-refractivity contribution in [2.75, 3.05) is 10.6 Å². The standard InChI is InChI=1S/C35H29N3O8S/c1-21-10-12-23(13-11-21)32(39)36-27-18-25(17-26(19-27)34(41)38-31(35(42)43)16-22-6-3-2-4-7-22)33(40)37-30-9-5-8-24-20-28(47(44,45)46)14-15-29(24)30/h2-15,17-20,31H,16H2,1H3,(H,36,39)(H,37,40)(H,38,41)(H,42,43)(H,44,45,46)/t31-/m0/s1. The molecule has 5 N–H and O–H groups in total. The van der Waals surface area contributed by atoms with Crippen LogP contribution < -0.4 is 16.0 Å². The van der Waals surface area contributed by atoms with Crippen LogP contribution in [-0.4, -0.2) is 47.8 Å². The highest BCUT2D eigenvalue weighted by Gasteiger charge is 2.23. The van der Waals surface area contributed by atoms with Crippen molar-refractivity contribution in [2.45, 2.75) is 24.3 Å². The van der Waals surface area contributed by atoms with Crippen LogP contribution in [0, 0.1) is 6.92 Å². The predicted molar refractivity (Wildman–Crippen MR) is 176 cm³/mol. The van der Waals surface area contributed by atoms with Gasteiger partial charge in [0.25, 0.3) is 27.8 Å². The number of aliphatic carboxylic acids is 1. The van der Waals surface area contributed by atoms with Crippen LogP contribution in [0.4, 0.5) is 11.4 Å². The van der Waals surface area contributed by atoms with Crippen molar-refractivity contribution in [3.8, 4) is 0 Å². The summed E-state index contributed by atoms with van der Waals surface area (Å²) >= 11 is 0. The summed E-state index contributed by atoms with van der Waals surface area (Å²) in [4.78, 5) is 51.8. The fraction of sp³-hybridized carbons (Fsp3) is 0.0857. The Labute approximate surface area is 270 Å². The molecule has 0 saturated heterocycles. The largest absolute Gasteiger partial charge is 0.480 e. The van der Waals surface area contributed by atoms with Crippen LogP contribution in [0.5, 0.6) is 0 Å². The lowest BCUT2D eigenvalue weighted by molar-refractivity contribution is -0.139. The van der Waals surface area contributed by atoms with Crippen molar-refractivity contribution in [2.24, 2.45) is 0 Å². The van der Waals surface area contributed by atoms with E-state index >= 15 is 0 Å². The number of carboxylic acids is 1. The molecule has 5 aromatic rings. The molecule has 1 atom stereocenters. The van der Waals surface area contributed by atoms with Crippen LogP contribution in [0.15, 0.2) is 114 Å². The Morgan fingerprint density at radius 2 is 1.36 bits per heavy atom. The van der Waals surface area contributed by atoms with Crippen LogP contribution >= 0.6 is 0 Å². The Balaban J connectivity index is 1.47. The Kier molecular flexibility index (Phi) is 9.45. The van der Waals surface area contributed by atoms with E-state index in [2.05, 4.69) is 16.0 Å². The summed E-state index contributed by atoms with van der Waals surface area (Å²) in [5, 5.41) is 18.7. The number of nitrogens with one attached hydrogen (secondary N) is 3. The maximum absolute atomic E-state index is 13.6. The molecule has 0 spiro atoms. The van der Waals surface area contributed by atoms with E-state index in [1.807, 2.05) is 6.92 Å². The molecule has 5 aromatic carbocycles. The number of carbonyl (C=O) groups is 4. The van der Waals surface area contributed by atoms with Gasteiger partial charge < -0.3 is 21.1 Å². The second-order valence-corrected chi connectivity index (χ2v) is 12.2. The normalized spacial score (nSPS) is 11.8. The highest BCUT2D eigenvalue weighted by molar-refractivity contribution is 7.85. The molecule has 0 fully saturated rings. The van der Waals surface area contributed by atoms with Crippen molar-refractivity contribution >= 4 is 56.0 Å². The van der Waals surface area contributed by atoms with Gasteiger partial charge in [0.2, 0.25) is 0 Å². The van der Waals surface area contributed by atoms with Crippen molar-refractivity contribution < 1.29 is 37.3 Å². The number of hydrogen-bond acceptors (Lipinski definition) is 6. The van der Waals surface area contributed by atoms with Crippen molar-refractivity contribution in [3.63, 3.8) is 0 Å². The highest BCUT2D eigenvalue weighted by atomic mass is 32.2. The van der Waals surface area contributed by atoms with Crippen LogP contribution in [0.3, 0.4) is 0 Å². The molecule has 0 radical (unpaired) electrons. The third-order valence-corrected chi connectivity index (χ3v) is 8.16. The van der Waals surface area contributed by atoms with E-state index in [0.717, 1.165) is 5.56 Å². The van der Waals surface area contributed by atoms with E-state index in [9.17, 15) is 37.3 Å². The van der Waals surface area contributed by atoms with Gasteiger partial charge in [-0.1, -0.05) is 66.2 Å². The molecule has 0 saturated carbocycles. The Hall–Kier alpha value is -5.85. The summed E-state index contributed by atoms with van der Waals surface area (Å²) in [5.74, 6) is -3.20. The summed E-state index contributed by atoms with van der Waals surface area (Å²) in [7, 11) is -4.45. The first-order valence-electron chi connectivity index (χ1n) is 14.3. The number of carboxylic acid groups (broad SMARTS) is 1. The van der Waals surface area contributed by atoms with Gasteiger partial charge in [-0.15, -0.1) is 0 Å². The summed E-state index contributed by atoms with van der Waals surface area (Å²) in [6.07, 6.45) is 0.0134. The smallest absolute Gasteiger partial charge is 0.326 e. The second kappa shape index (κ2) is 13.6. The molecular weight excluding hydrogens is 622 g/mol. The summed E-state index contributed by atoms with van der Waals surface area (Å²) < 4.78 is 32.6. The van der Waals surface area contributed by atoms with Gasteiger partial charge in [-0.05, 0) is 66.4 Å². The molecule has 0 heterocycles. The van der Waals surface area contributed by atoms with E-state index in [4.69, 9.17) is 0 Å². The minimum absolute atomic E-state index is 0.0134. The van der Waals surface area contributed by atoms with Crippen LogP contribution in [0.1, 0.15) is 42.2 Å². The van der Waals surface area contributed by atoms with Gasteiger partial charge in [0.05, 0.1) is 4.90 Å². The Morgan fingerprint density at radius 1 is 0.702 bits per heavy atom. The molecular formula is C35H29N3O8S. The molecule has 0 aliphatic heterocycles. The number of rotatable bonds is 10.